The molecule has 0 unspecified atom stereocenters. The van der Waals surface area contributed by atoms with Gasteiger partial charge in [-0.05, 0) is 17.9 Å². The summed E-state index contributed by atoms with van der Waals surface area (Å²) >= 11 is 0. The minimum atomic E-state index is 0.0859. The van der Waals surface area contributed by atoms with E-state index in [1.807, 2.05) is 34.9 Å². The number of hydrogen-bond acceptors (Lipinski definition) is 1. The highest BCUT2D eigenvalue weighted by molar-refractivity contribution is 6.09. The van der Waals surface area contributed by atoms with Crippen molar-refractivity contribution in [3.8, 4) is 0 Å². The Kier molecular flexibility index (Phi) is 2.86. The van der Waals surface area contributed by atoms with Gasteiger partial charge < -0.3 is 4.57 Å². The van der Waals surface area contributed by atoms with Gasteiger partial charge in [-0.1, -0.05) is 50.3 Å². The van der Waals surface area contributed by atoms with Gasteiger partial charge in [-0.15, -0.1) is 0 Å². The van der Waals surface area contributed by atoms with Gasteiger partial charge in [-0.25, -0.2) is 0 Å². The summed E-state index contributed by atoms with van der Waals surface area (Å²) in [6.07, 6.45) is 2.08. The largest absolute Gasteiger partial charge is 0.308 e. The van der Waals surface area contributed by atoms with Crippen LogP contribution < -0.4 is 10.9 Å². The highest BCUT2D eigenvalue weighted by Crippen LogP contribution is 2.21. The predicted molar refractivity (Wildman–Crippen MR) is 81.4 cm³/mol. The number of hydrogen-bond donors (Lipinski definition) is 0. The van der Waals surface area contributed by atoms with Gasteiger partial charge in [0.2, 0.25) is 0 Å². The number of pyridine rings is 1. The average molecular weight is 251 g/mol. The summed E-state index contributed by atoms with van der Waals surface area (Å²) in [7, 11) is 0. The minimum Gasteiger partial charge on any atom is -0.308 e. The molecule has 0 saturated heterocycles. The molecule has 3 aromatic rings. The Hall–Kier alpha value is -2.09. The van der Waals surface area contributed by atoms with Crippen molar-refractivity contribution in [3.05, 3.63) is 52.1 Å². The highest BCUT2D eigenvalue weighted by Gasteiger charge is 2.09. The summed E-state index contributed by atoms with van der Waals surface area (Å²) in [6.45, 7) is 7.01. The Balaban J connectivity index is 2.48. The molecular weight excluding hydrogens is 234 g/mol. The van der Waals surface area contributed by atoms with Crippen molar-refractivity contribution in [2.45, 2.75) is 26.3 Å². The van der Waals surface area contributed by atoms with Gasteiger partial charge in [0.1, 0.15) is 0 Å². The van der Waals surface area contributed by atoms with Gasteiger partial charge >= 0.3 is 0 Å². The molecule has 0 N–H and O–H groups in total. The molecule has 2 aromatic carbocycles. The SMILES string of the molecule is C=c1c2cccc3cccc(c(=O)n1CCCC)c32. The van der Waals surface area contributed by atoms with Crippen molar-refractivity contribution in [2.75, 3.05) is 0 Å². The van der Waals surface area contributed by atoms with Crippen molar-refractivity contribution >= 4 is 28.1 Å². The fourth-order valence-corrected chi connectivity index (χ4v) is 2.73. The fourth-order valence-electron chi connectivity index (χ4n) is 2.73. The summed E-state index contributed by atoms with van der Waals surface area (Å²) in [5.41, 5.74) is 0.0859. The summed E-state index contributed by atoms with van der Waals surface area (Å²) in [6, 6.07) is 12.0. The fraction of sp³-hybridized carbons (Fsp3) is 0.235. The predicted octanol–water partition coefficient (Wildman–Crippen LogP) is 3.08. The Bertz CT molecular complexity index is 782. The van der Waals surface area contributed by atoms with Gasteiger partial charge in [-0.2, -0.15) is 0 Å². The summed E-state index contributed by atoms with van der Waals surface area (Å²) in [4.78, 5) is 12.6. The van der Waals surface area contributed by atoms with Crippen molar-refractivity contribution in [1.29, 1.82) is 0 Å². The Morgan fingerprint density at radius 1 is 1.11 bits per heavy atom. The molecule has 0 spiro atoms. The zero-order valence-corrected chi connectivity index (χ0v) is 11.1. The van der Waals surface area contributed by atoms with Crippen molar-refractivity contribution in [3.63, 3.8) is 0 Å². The molecule has 96 valence electrons. The summed E-state index contributed by atoms with van der Waals surface area (Å²) in [5, 5.41) is 4.88. The van der Waals surface area contributed by atoms with Crippen molar-refractivity contribution in [2.24, 2.45) is 0 Å². The quantitative estimate of drug-likeness (QED) is 0.701. The normalized spacial score (nSPS) is 11.4. The van der Waals surface area contributed by atoms with Crippen LogP contribution >= 0.6 is 0 Å². The van der Waals surface area contributed by atoms with E-state index in [-0.39, 0.29) is 5.56 Å². The summed E-state index contributed by atoms with van der Waals surface area (Å²) in [5.74, 6) is 0. The van der Waals surface area contributed by atoms with E-state index in [9.17, 15) is 4.79 Å². The Morgan fingerprint density at radius 2 is 1.79 bits per heavy atom. The van der Waals surface area contributed by atoms with Crippen LogP contribution in [0.5, 0.6) is 0 Å². The smallest absolute Gasteiger partial charge is 0.258 e. The van der Waals surface area contributed by atoms with E-state index >= 15 is 0 Å². The van der Waals surface area contributed by atoms with Crippen LogP contribution in [-0.2, 0) is 6.54 Å². The first-order valence-electron chi connectivity index (χ1n) is 6.77. The lowest BCUT2D eigenvalue weighted by atomic mass is 10.0. The van der Waals surface area contributed by atoms with Gasteiger partial charge in [0.25, 0.3) is 5.56 Å². The monoisotopic (exact) mass is 251 g/mol. The molecule has 19 heavy (non-hydrogen) atoms. The third kappa shape index (κ3) is 1.75. The lowest BCUT2D eigenvalue weighted by Gasteiger charge is -2.12. The molecule has 0 bridgehead atoms. The molecule has 0 aliphatic heterocycles. The second kappa shape index (κ2) is 4.54. The average Bonchev–Trinajstić information content (AvgIpc) is 2.44. The van der Waals surface area contributed by atoms with Crippen LogP contribution in [0.3, 0.4) is 0 Å². The molecular formula is C17H17NO. The maximum Gasteiger partial charge on any atom is 0.258 e. The van der Waals surface area contributed by atoms with Gasteiger partial charge in [0.15, 0.2) is 0 Å². The molecule has 1 heterocycles. The third-order valence-electron chi connectivity index (χ3n) is 3.75. The van der Waals surface area contributed by atoms with Crippen LogP contribution in [0.15, 0.2) is 41.2 Å². The molecule has 0 atom stereocenters. The standard InChI is InChI=1S/C17H17NO/c1-3-4-11-18-12(2)14-9-5-7-13-8-6-10-15(16(13)14)17(18)19/h5-10H,2-4,11H2,1H3. The van der Waals surface area contributed by atoms with Crippen LogP contribution in [0.25, 0.3) is 28.1 Å². The summed E-state index contributed by atoms with van der Waals surface area (Å²) < 4.78 is 1.82. The molecule has 2 heteroatoms. The zero-order chi connectivity index (χ0) is 13.4. The van der Waals surface area contributed by atoms with Gasteiger partial charge in [-0.3, -0.25) is 4.79 Å². The van der Waals surface area contributed by atoms with Crippen molar-refractivity contribution in [1.82, 2.24) is 4.57 Å². The van der Waals surface area contributed by atoms with Gasteiger partial charge in [0, 0.05) is 28.1 Å². The topological polar surface area (TPSA) is 22.0 Å². The zero-order valence-electron chi connectivity index (χ0n) is 11.1. The number of rotatable bonds is 3. The maximum absolute atomic E-state index is 12.6. The van der Waals surface area contributed by atoms with E-state index in [0.29, 0.717) is 0 Å². The first kappa shape index (κ1) is 12.0. The van der Waals surface area contributed by atoms with E-state index in [4.69, 9.17) is 0 Å². The van der Waals surface area contributed by atoms with E-state index in [2.05, 4.69) is 19.6 Å². The molecule has 0 amide bonds. The number of unbranched alkanes of at least 4 members (excludes halogenated alkanes) is 1. The van der Waals surface area contributed by atoms with Gasteiger partial charge in [0.05, 0.1) is 0 Å². The molecule has 0 aliphatic carbocycles. The van der Waals surface area contributed by atoms with E-state index in [0.717, 1.165) is 46.3 Å². The number of aromatic nitrogens is 1. The van der Waals surface area contributed by atoms with E-state index in [1.165, 1.54) is 0 Å². The molecule has 0 fully saturated rings. The third-order valence-corrected chi connectivity index (χ3v) is 3.75. The maximum atomic E-state index is 12.6. The molecule has 2 nitrogen and oxygen atoms in total. The Morgan fingerprint density at radius 3 is 2.47 bits per heavy atom. The second-order valence-electron chi connectivity index (χ2n) is 4.97. The Labute approximate surface area is 112 Å². The highest BCUT2D eigenvalue weighted by atomic mass is 16.1. The van der Waals surface area contributed by atoms with E-state index < -0.39 is 0 Å². The molecule has 0 saturated carbocycles. The van der Waals surface area contributed by atoms with Crippen LogP contribution in [0, 0.1) is 0 Å². The first-order valence-corrected chi connectivity index (χ1v) is 6.77. The lowest BCUT2D eigenvalue weighted by Crippen LogP contribution is -2.33. The van der Waals surface area contributed by atoms with Crippen molar-refractivity contribution < 1.29 is 0 Å². The lowest BCUT2D eigenvalue weighted by molar-refractivity contribution is 0.607. The molecule has 3 rings (SSSR count). The number of nitrogens with zero attached hydrogens (tertiary/aromatic N) is 1. The second-order valence-corrected chi connectivity index (χ2v) is 4.97. The van der Waals surface area contributed by atoms with Crippen LogP contribution in [0.1, 0.15) is 19.8 Å². The molecule has 1 aromatic heterocycles. The molecule has 0 aliphatic rings. The van der Waals surface area contributed by atoms with E-state index in [1.54, 1.807) is 0 Å². The minimum absolute atomic E-state index is 0.0859. The van der Waals surface area contributed by atoms with Crippen LogP contribution in [-0.4, -0.2) is 4.57 Å². The van der Waals surface area contributed by atoms with Crippen LogP contribution in [0.2, 0.25) is 0 Å². The number of benzene rings is 2. The van der Waals surface area contributed by atoms with Crippen LogP contribution in [0.4, 0.5) is 0 Å². The molecule has 0 radical (unpaired) electrons. The first-order chi connectivity index (χ1) is 9.24.